The molecule has 33 heteroatoms. The smallest absolute Gasteiger partial charge is 0.832 e. The molecule has 0 rings (SSSR count). The van der Waals surface area contributed by atoms with Crippen LogP contribution in [0.2, 0.25) is 0 Å². The average molecular weight is 517 g/mol. The first-order valence-corrected chi connectivity index (χ1v) is 6.17. The first-order chi connectivity index (χ1) is 13.9. The normalized spacial score (nSPS) is 6.55. The first-order valence-electron chi connectivity index (χ1n) is 6.17. The summed E-state index contributed by atoms with van der Waals surface area (Å²) in [5.74, 6) is 0. The molecule has 0 atom stereocenters. The molecule has 0 aliphatic rings. The quantitative estimate of drug-likeness (QED) is 0.133. The molecular weight excluding hydrogens is 493 g/mol. The van der Waals surface area contributed by atoms with Crippen LogP contribution in [0, 0.1) is 0 Å². The van der Waals surface area contributed by atoms with Crippen molar-refractivity contribution >= 4 is 58.6 Å². The molecule has 0 bridgehead atoms. The Bertz CT molecular complexity index is 142. The molecule has 0 aliphatic heterocycles. The largest absolute Gasteiger partial charge is 1.00 e. The summed E-state index contributed by atoms with van der Waals surface area (Å²) in [7, 11) is -17.6. The summed E-state index contributed by atoms with van der Waals surface area (Å²) in [6.07, 6.45) is 0. The van der Waals surface area contributed by atoms with Crippen LogP contribution < -0.4 is 34.6 Å². The maximum absolute atomic E-state index is 8.64. The minimum absolute atomic E-state index is 0. The van der Waals surface area contributed by atoms with Crippen molar-refractivity contribution in [1.82, 2.24) is 0 Å². The minimum Gasteiger partial charge on any atom is -0.832 e. The standard InChI is InChI=1S/7BH3O3.BH2O3.Na/c8*2-1(3)4;/h7*2-4H;2-3H;/q;;;;;;;-1;+1. The van der Waals surface area contributed by atoms with E-state index < -0.39 is 58.6 Å². The van der Waals surface area contributed by atoms with Crippen molar-refractivity contribution in [3.63, 3.8) is 0 Å². The van der Waals surface area contributed by atoms with Gasteiger partial charge in [-0.2, -0.15) is 0 Å². The van der Waals surface area contributed by atoms with Gasteiger partial charge in [0.15, 0.2) is 0 Å². The van der Waals surface area contributed by atoms with Crippen LogP contribution in [-0.4, -0.2) is 174 Å². The molecule has 0 unspecified atom stereocenters. The average Bonchev–Trinajstić information content (AvgIpc) is 2.30. The topological polar surface area (TPSA) is 488 Å². The molecule has 33 heavy (non-hydrogen) atoms. The second kappa shape index (κ2) is 53.8. The summed E-state index contributed by atoms with van der Waals surface area (Å²) < 4.78 is 0. The number of hydrogen-bond acceptors (Lipinski definition) is 24. The van der Waals surface area contributed by atoms with Gasteiger partial charge in [0.05, 0.1) is 0 Å². The Morgan fingerprint density at radius 1 is 0.242 bits per heavy atom. The van der Waals surface area contributed by atoms with Crippen LogP contribution in [-0.2, 0) is 0 Å². The van der Waals surface area contributed by atoms with E-state index in [-0.39, 0.29) is 29.6 Å². The summed E-state index contributed by atoms with van der Waals surface area (Å²) in [5.41, 5.74) is 0. The maximum atomic E-state index is 8.64. The van der Waals surface area contributed by atoms with Crippen LogP contribution in [0.5, 0.6) is 0 Å². The van der Waals surface area contributed by atoms with Gasteiger partial charge < -0.3 is 121 Å². The molecule has 0 amide bonds. The van der Waals surface area contributed by atoms with Crippen molar-refractivity contribution in [1.29, 1.82) is 0 Å². The van der Waals surface area contributed by atoms with Gasteiger partial charge in [-0.1, -0.05) is 0 Å². The van der Waals surface area contributed by atoms with Crippen molar-refractivity contribution in [3.05, 3.63) is 0 Å². The van der Waals surface area contributed by atoms with E-state index in [0.717, 1.165) is 0 Å². The van der Waals surface area contributed by atoms with Gasteiger partial charge in [-0.25, -0.2) is 0 Å². The molecule has 0 aromatic carbocycles. The van der Waals surface area contributed by atoms with E-state index >= 15 is 0 Å². The third-order valence-electron chi connectivity index (χ3n) is 0. The van der Waals surface area contributed by atoms with E-state index in [1.165, 1.54) is 0 Å². The molecule has 0 aliphatic carbocycles. The molecule has 0 saturated carbocycles. The van der Waals surface area contributed by atoms with Crippen molar-refractivity contribution in [2.45, 2.75) is 0 Å². The molecule has 0 aromatic rings. The van der Waals surface area contributed by atoms with Crippen molar-refractivity contribution in [2.24, 2.45) is 0 Å². The monoisotopic (exact) mass is 518 g/mol. The fraction of sp³-hybridized carbons (Fsp3) is 0. The van der Waals surface area contributed by atoms with E-state index in [9.17, 15) is 0 Å². The molecule has 192 valence electrons. The summed E-state index contributed by atoms with van der Waals surface area (Å²) >= 11 is 0. The van der Waals surface area contributed by atoms with Gasteiger partial charge in [-0.3, -0.25) is 0 Å². The SMILES string of the molecule is OB(O)O.OB(O)O.OB(O)O.OB(O)O.OB(O)O.OB(O)O.OB(O)O.[Na+].[O-]B(O)O. The zero-order valence-corrected chi connectivity index (χ0v) is 18.3. The molecule has 0 fully saturated rings. The summed E-state index contributed by atoms with van der Waals surface area (Å²) in [5, 5.41) is 173. The van der Waals surface area contributed by atoms with Crippen LogP contribution in [0.25, 0.3) is 0 Å². The third-order valence-corrected chi connectivity index (χ3v) is 0. The summed E-state index contributed by atoms with van der Waals surface area (Å²) in [4.78, 5) is 0. The Morgan fingerprint density at radius 3 is 0.242 bits per heavy atom. The predicted octanol–water partition coefficient (Wildman–Crippen LogP) is -20.0. The second-order valence-corrected chi connectivity index (χ2v) is 2.75. The number of hydrogen-bond donors (Lipinski definition) is 23. The molecule has 24 nitrogen and oxygen atoms in total. The van der Waals surface area contributed by atoms with E-state index in [1.807, 2.05) is 0 Å². The Morgan fingerprint density at radius 2 is 0.242 bits per heavy atom. The van der Waals surface area contributed by atoms with Gasteiger partial charge in [-0.15, -0.1) is 0 Å². The molecule has 0 spiro atoms. The van der Waals surface area contributed by atoms with Gasteiger partial charge in [0.25, 0.3) is 0 Å². The van der Waals surface area contributed by atoms with Gasteiger partial charge >= 0.3 is 88.1 Å². The van der Waals surface area contributed by atoms with Crippen LogP contribution in [0.3, 0.4) is 0 Å². The van der Waals surface area contributed by atoms with E-state index in [4.69, 9.17) is 121 Å². The van der Waals surface area contributed by atoms with Crippen molar-refractivity contribution in [3.8, 4) is 0 Å². The zero-order chi connectivity index (χ0) is 28.6. The Labute approximate surface area is 208 Å². The van der Waals surface area contributed by atoms with Gasteiger partial charge in [-0.05, 0) is 0 Å². The van der Waals surface area contributed by atoms with Crippen LogP contribution in [0.15, 0.2) is 0 Å². The molecule has 0 aromatic heterocycles. The maximum Gasteiger partial charge on any atom is 1.00 e. The Hall–Kier alpha value is 0.559. The van der Waals surface area contributed by atoms with Gasteiger partial charge in [0, 0.05) is 0 Å². The fourth-order valence-corrected chi connectivity index (χ4v) is 0. The zero-order valence-electron chi connectivity index (χ0n) is 16.3. The summed E-state index contributed by atoms with van der Waals surface area (Å²) in [6, 6.07) is 0. The van der Waals surface area contributed by atoms with Crippen LogP contribution >= 0.6 is 0 Å². The van der Waals surface area contributed by atoms with Gasteiger partial charge in [0.1, 0.15) is 0 Å². The first kappa shape index (κ1) is 59.0. The molecule has 0 saturated heterocycles. The van der Waals surface area contributed by atoms with Crippen LogP contribution in [0.1, 0.15) is 0 Å². The van der Waals surface area contributed by atoms with Crippen molar-refractivity contribution < 1.29 is 150 Å². The third kappa shape index (κ3) is 97100. The molecular formula is H23B8NaO24. The summed E-state index contributed by atoms with van der Waals surface area (Å²) in [6.45, 7) is 0. The van der Waals surface area contributed by atoms with Crippen LogP contribution in [0.4, 0.5) is 0 Å². The molecule has 0 radical (unpaired) electrons. The molecule has 23 N–H and O–H groups in total. The predicted molar refractivity (Wildman–Crippen MR) is 97.1 cm³/mol. The second-order valence-electron chi connectivity index (χ2n) is 2.75. The minimum atomic E-state index is -2.42. The molecule has 0 heterocycles. The van der Waals surface area contributed by atoms with Gasteiger partial charge in [0.2, 0.25) is 0 Å². The van der Waals surface area contributed by atoms with Crippen molar-refractivity contribution in [2.75, 3.05) is 0 Å². The fourth-order valence-electron chi connectivity index (χ4n) is 0. The van der Waals surface area contributed by atoms with E-state index in [0.29, 0.717) is 0 Å². The Kier molecular flexibility index (Phi) is 96.1. The van der Waals surface area contributed by atoms with E-state index in [1.54, 1.807) is 0 Å². The number of rotatable bonds is 0. The van der Waals surface area contributed by atoms with E-state index in [2.05, 4.69) is 0 Å². The Balaban J connectivity index is -0.0000000284.